The Balaban J connectivity index is 1.24. The van der Waals surface area contributed by atoms with Crippen molar-refractivity contribution in [3.8, 4) is 40.5 Å². The molecular weight excluding hydrogens is 779 g/mol. The molecule has 0 aliphatic heterocycles. The van der Waals surface area contributed by atoms with E-state index in [1.807, 2.05) is 66.7 Å². The van der Waals surface area contributed by atoms with Crippen LogP contribution in [-0.4, -0.2) is 0 Å². The van der Waals surface area contributed by atoms with Crippen LogP contribution in [0, 0.1) is 61.7 Å². The standard InChI is InChI=1S/C59H41N5/c1-37-25-38(2)28-50(27-37)63(54-22-19-45(31-47(54)34-60)41-11-7-5-8-12-41)55-23-17-43-16-21-53-56(24-18-44-15-20-52(55)57(43)58(44)53)64(51-29-39(3)26-40(4)30-51)59-48(35-61)32-46(33-49(59)36-62)42-13-9-6-10-14-42/h5-33H,1-4H3. The molecule has 0 radical (unpaired) electrons. The number of rotatable bonds is 8. The summed E-state index contributed by atoms with van der Waals surface area (Å²) in [4.78, 5) is 4.34. The lowest BCUT2D eigenvalue weighted by molar-refractivity contribution is 1.24. The van der Waals surface area contributed by atoms with E-state index in [0.717, 1.165) is 105 Å². The second-order valence-electron chi connectivity index (χ2n) is 16.7. The highest BCUT2D eigenvalue weighted by atomic mass is 15.2. The van der Waals surface area contributed by atoms with Crippen LogP contribution < -0.4 is 9.80 Å². The summed E-state index contributed by atoms with van der Waals surface area (Å²) in [6.45, 7) is 8.36. The average Bonchev–Trinajstić information content (AvgIpc) is 3.31. The van der Waals surface area contributed by atoms with Gasteiger partial charge in [-0.05, 0) is 154 Å². The van der Waals surface area contributed by atoms with Gasteiger partial charge in [-0.15, -0.1) is 0 Å². The van der Waals surface area contributed by atoms with Crippen molar-refractivity contribution in [3.05, 3.63) is 215 Å². The van der Waals surface area contributed by atoms with Crippen molar-refractivity contribution in [3.63, 3.8) is 0 Å². The maximum Gasteiger partial charge on any atom is 0.101 e. The molecule has 0 atom stereocenters. The molecule has 0 unspecified atom stereocenters. The van der Waals surface area contributed by atoms with E-state index in [9.17, 15) is 15.8 Å². The van der Waals surface area contributed by atoms with Crippen LogP contribution in [0.1, 0.15) is 38.9 Å². The summed E-state index contributed by atoms with van der Waals surface area (Å²) in [6, 6.07) is 67.7. The summed E-state index contributed by atoms with van der Waals surface area (Å²) in [5.74, 6) is 0. The number of aryl methyl sites for hydroxylation is 4. The van der Waals surface area contributed by atoms with Gasteiger partial charge < -0.3 is 9.80 Å². The third-order valence-corrected chi connectivity index (χ3v) is 12.2. The van der Waals surface area contributed by atoms with E-state index in [-0.39, 0.29) is 0 Å². The van der Waals surface area contributed by atoms with E-state index in [2.05, 4.69) is 165 Å². The smallest absolute Gasteiger partial charge is 0.101 e. The summed E-state index contributed by atoms with van der Waals surface area (Å²) >= 11 is 0. The van der Waals surface area contributed by atoms with Crippen molar-refractivity contribution in [2.45, 2.75) is 27.7 Å². The maximum absolute atomic E-state index is 10.9. The molecule has 0 aliphatic rings. The van der Waals surface area contributed by atoms with E-state index in [1.54, 1.807) is 0 Å². The molecule has 0 N–H and O–H groups in total. The molecule has 10 rings (SSSR count). The van der Waals surface area contributed by atoms with Crippen LogP contribution in [0.4, 0.5) is 34.1 Å². The lowest BCUT2D eigenvalue weighted by Gasteiger charge is -2.31. The number of nitrogens with zero attached hydrogens (tertiary/aromatic N) is 5. The molecule has 0 saturated heterocycles. The van der Waals surface area contributed by atoms with Crippen LogP contribution >= 0.6 is 0 Å². The van der Waals surface area contributed by atoms with E-state index >= 15 is 0 Å². The summed E-state index contributed by atoms with van der Waals surface area (Å²) in [5, 5.41) is 38.9. The van der Waals surface area contributed by atoms with Crippen molar-refractivity contribution in [2.24, 2.45) is 0 Å². The van der Waals surface area contributed by atoms with Gasteiger partial charge in [0.05, 0.1) is 39.4 Å². The Morgan fingerprint density at radius 1 is 0.344 bits per heavy atom. The third-order valence-electron chi connectivity index (χ3n) is 12.2. The molecule has 302 valence electrons. The first kappa shape index (κ1) is 39.4. The molecule has 5 nitrogen and oxygen atoms in total. The minimum atomic E-state index is 0.403. The predicted octanol–water partition coefficient (Wildman–Crippen LogP) is 15.7. The molecule has 0 aliphatic carbocycles. The summed E-state index contributed by atoms with van der Waals surface area (Å²) in [7, 11) is 0. The van der Waals surface area contributed by atoms with E-state index in [4.69, 9.17) is 0 Å². The number of nitriles is 3. The first-order valence-corrected chi connectivity index (χ1v) is 21.3. The molecule has 5 heteroatoms. The fraction of sp³-hybridized carbons (Fsp3) is 0.0678. The van der Waals surface area contributed by atoms with Crippen LogP contribution in [0.3, 0.4) is 0 Å². The Kier molecular flexibility index (Phi) is 9.84. The number of hydrogen-bond acceptors (Lipinski definition) is 5. The van der Waals surface area contributed by atoms with Gasteiger partial charge in [0, 0.05) is 22.1 Å². The highest BCUT2D eigenvalue weighted by Gasteiger charge is 2.26. The Hall–Kier alpha value is -8.69. The van der Waals surface area contributed by atoms with Gasteiger partial charge in [0.1, 0.15) is 18.2 Å². The second kappa shape index (κ2) is 16.0. The highest BCUT2D eigenvalue weighted by Crippen LogP contribution is 2.49. The average molecular weight is 820 g/mol. The second-order valence-corrected chi connectivity index (χ2v) is 16.7. The Morgan fingerprint density at radius 3 is 1.23 bits per heavy atom. The Labute approximate surface area is 373 Å². The van der Waals surface area contributed by atoms with E-state index in [0.29, 0.717) is 22.4 Å². The van der Waals surface area contributed by atoms with Gasteiger partial charge >= 0.3 is 0 Å². The molecule has 0 bridgehead atoms. The van der Waals surface area contributed by atoms with Gasteiger partial charge in [0.15, 0.2) is 0 Å². The zero-order valence-electron chi connectivity index (χ0n) is 36.0. The fourth-order valence-corrected chi connectivity index (χ4v) is 9.59. The van der Waals surface area contributed by atoms with Crippen LogP contribution in [-0.2, 0) is 0 Å². The zero-order chi connectivity index (χ0) is 44.1. The van der Waals surface area contributed by atoms with Crippen LogP contribution in [0.25, 0.3) is 54.6 Å². The highest BCUT2D eigenvalue weighted by molar-refractivity contribution is 6.28. The molecule has 10 aromatic carbocycles. The number of benzene rings is 10. The molecule has 0 spiro atoms. The predicted molar refractivity (Wildman–Crippen MR) is 263 cm³/mol. The molecule has 10 aromatic rings. The first-order chi connectivity index (χ1) is 31.2. The molecule has 0 saturated carbocycles. The topological polar surface area (TPSA) is 77.8 Å². The van der Waals surface area contributed by atoms with Crippen molar-refractivity contribution < 1.29 is 0 Å². The van der Waals surface area contributed by atoms with Crippen molar-refractivity contribution in [1.82, 2.24) is 0 Å². The minimum Gasteiger partial charge on any atom is -0.309 e. The molecule has 64 heavy (non-hydrogen) atoms. The summed E-state index contributed by atoms with van der Waals surface area (Å²) < 4.78 is 0. The van der Waals surface area contributed by atoms with Crippen molar-refractivity contribution in [2.75, 3.05) is 9.80 Å². The molecule has 0 heterocycles. The van der Waals surface area contributed by atoms with Crippen LogP contribution in [0.5, 0.6) is 0 Å². The van der Waals surface area contributed by atoms with E-state index < -0.39 is 0 Å². The van der Waals surface area contributed by atoms with Gasteiger partial charge in [0.25, 0.3) is 0 Å². The Morgan fingerprint density at radius 2 is 0.750 bits per heavy atom. The van der Waals surface area contributed by atoms with Crippen molar-refractivity contribution in [1.29, 1.82) is 15.8 Å². The van der Waals surface area contributed by atoms with Crippen LogP contribution in [0.15, 0.2) is 176 Å². The number of anilines is 6. The lowest BCUT2D eigenvalue weighted by atomic mass is 9.91. The third kappa shape index (κ3) is 6.81. The van der Waals surface area contributed by atoms with Gasteiger partial charge in [-0.3, -0.25) is 0 Å². The number of hydrogen-bond donors (Lipinski definition) is 0. The monoisotopic (exact) mass is 819 g/mol. The first-order valence-electron chi connectivity index (χ1n) is 21.3. The van der Waals surface area contributed by atoms with Gasteiger partial charge in [-0.1, -0.05) is 115 Å². The molecule has 0 aromatic heterocycles. The minimum absolute atomic E-state index is 0.403. The van der Waals surface area contributed by atoms with Gasteiger partial charge in [0.2, 0.25) is 0 Å². The molecule has 0 fully saturated rings. The van der Waals surface area contributed by atoms with Gasteiger partial charge in [-0.2, -0.15) is 15.8 Å². The molecular formula is C59H41N5. The quantitative estimate of drug-likeness (QED) is 0.143. The summed E-state index contributed by atoms with van der Waals surface area (Å²) in [6.07, 6.45) is 0. The lowest BCUT2D eigenvalue weighted by Crippen LogP contribution is -2.15. The SMILES string of the molecule is Cc1cc(C)cc(N(c2ccc(-c3ccccc3)cc2C#N)c2ccc3ccc4c(N(c5cc(C)cc(C)c5)c5c(C#N)cc(-c6ccccc6)cc5C#N)ccc5ccc2c3c54)c1. The maximum atomic E-state index is 10.9. The van der Waals surface area contributed by atoms with E-state index in [1.165, 1.54) is 0 Å². The fourth-order valence-electron chi connectivity index (χ4n) is 9.59. The zero-order valence-corrected chi connectivity index (χ0v) is 36.0. The normalized spacial score (nSPS) is 11.1. The molecule has 0 amide bonds. The van der Waals surface area contributed by atoms with Crippen LogP contribution in [0.2, 0.25) is 0 Å². The Bertz CT molecular complexity index is 3510. The van der Waals surface area contributed by atoms with Crippen molar-refractivity contribution >= 4 is 66.4 Å². The van der Waals surface area contributed by atoms with Gasteiger partial charge in [-0.25, -0.2) is 0 Å². The summed E-state index contributed by atoms with van der Waals surface area (Å²) in [5.41, 5.74) is 14.5. The largest absolute Gasteiger partial charge is 0.309 e.